The van der Waals surface area contributed by atoms with E-state index in [1.54, 1.807) is 29.8 Å². The highest BCUT2D eigenvalue weighted by atomic mass is 35.5. The molecule has 0 saturated carbocycles. The monoisotopic (exact) mass is 413 g/mol. The van der Waals surface area contributed by atoms with Gasteiger partial charge in [0.25, 0.3) is 0 Å². The standard InChI is InChI=1S/C20H17Cl2N5O/c1-10-6-3-4-7-12(10)19-25-20-24-11(2)15(18(23)28)17(27(20)26-19)13-8-5-9-14(21)16(13)22/h3-9,17H,1-2H3,(H2,23,28)(H,24,25,26). The van der Waals surface area contributed by atoms with Crippen LogP contribution in [0.4, 0.5) is 5.95 Å². The molecular formula is C20H17Cl2N5O. The van der Waals surface area contributed by atoms with E-state index >= 15 is 0 Å². The van der Waals surface area contributed by atoms with Gasteiger partial charge in [0.05, 0.1) is 15.6 Å². The molecule has 1 aromatic heterocycles. The first kappa shape index (κ1) is 18.5. The Labute approximate surface area is 172 Å². The average Bonchev–Trinajstić information content (AvgIpc) is 3.06. The van der Waals surface area contributed by atoms with Crippen molar-refractivity contribution in [2.24, 2.45) is 5.73 Å². The number of fused-ring (bicyclic) bond motifs is 1. The molecule has 3 aromatic rings. The number of amides is 1. The van der Waals surface area contributed by atoms with E-state index < -0.39 is 11.9 Å². The predicted octanol–water partition coefficient (Wildman–Crippen LogP) is 4.33. The van der Waals surface area contributed by atoms with Crippen LogP contribution in [-0.4, -0.2) is 20.7 Å². The summed E-state index contributed by atoms with van der Waals surface area (Å²) < 4.78 is 1.63. The van der Waals surface area contributed by atoms with Crippen molar-refractivity contribution < 1.29 is 4.79 Å². The van der Waals surface area contributed by atoms with Gasteiger partial charge in [-0.2, -0.15) is 4.98 Å². The van der Waals surface area contributed by atoms with E-state index in [0.29, 0.717) is 38.7 Å². The number of nitrogens with one attached hydrogen (secondary N) is 1. The third-order valence-corrected chi connectivity index (χ3v) is 5.61. The van der Waals surface area contributed by atoms with Crippen LogP contribution in [-0.2, 0) is 4.79 Å². The largest absolute Gasteiger partial charge is 0.366 e. The molecule has 2 heterocycles. The quantitative estimate of drug-likeness (QED) is 0.668. The summed E-state index contributed by atoms with van der Waals surface area (Å²) in [6.45, 7) is 3.77. The Kier molecular flexibility index (Phi) is 4.61. The van der Waals surface area contributed by atoms with Gasteiger partial charge < -0.3 is 11.1 Å². The van der Waals surface area contributed by atoms with Gasteiger partial charge in [-0.05, 0) is 25.5 Å². The minimum Gasteiger partial charge on any atom is -0.366 e. The van der Waals surface area contributed by atoms with Gasteiger partial charge in [0.15, 0.2) is 5.82 Å². The van der Waals surface area contributed by atoms with E-state index in [0.717, 1.165) is 11.1 Å². The molecule has 8 heteroatoms. The van der Waals surface area contributed by atoms with Gasteiger partial charge >= 0.3 is 0 Å². The lowest BCUT2D eigenvalue weighted by molar-refractivity contribution is -0.115. The summed E-state index contributed by atoms with van der Waals surface area (Å²) in [5, 5.41) is 8.54. The minimum absolute atomic E-state index is 0.349. The van der Waals surface area contributed by atoms with E-state index in [9.17, 15) is 4.79 Å². The lowest BCUT2D eigenvalue weighted by atomic mass is 9.95. The molecule has 0 saturated heterocycles. The number of rotatable bonds is 3. The number of aromatic nitrogens is 3. The molecule has 2 aromatic carbocycles. The number of allylic oxidation sites excluding steroid dienone is 1. The molecule has 142 valence electrons. The maximum absolute atomic E-state index is 12.3. The number of anilines is 1. The fourth-order valence-corrected chi connectivity index (χ4v) is 3.84. The topological polar surface area (TPSA) is 85.8 Å². The highest BCUT2D eigenvalue weighted by molar-refractivity contribution is 6.42. The van der Waals surface area contributed by atoms with Crippen LogP contribution >= 0.6 is 23.2 Å². The van der Waals surface area contributed by atoms with E-state index in [-0.39, 0.29) is 0 Å². The number of hydrogen-bond donors (Lipinski definition) is 2. The number of carbonyl (C=O) groups is 1. The number of hydrogen-bond acceptors (Lipinski definition) is 4. The van der Waals surface area contributed by atoms with Gasteiger partial charge in [-0.15, -0.1) is 5.10 Å². The number of halogens is 2. The van der Waals surface area contributed by atoms with Crippen molar-refractivity contribution in [2.75, 3.05) is 5.32 Å². The molecule has 1 unspecified atom stereocenters. The highest BCUT2D eigenvalue weighted by Gasteiger charge is 2.35. The molecule has 0 fully saturated rings. The van der Waals surface area contributed by atoms with Crippen LogP contribution in [0.15, 0.2) is 53.7 Å². The first-order valence-corrected chi connectivity index (χ1v) is 9.38. The zero-order chi connectivity index (χ0) is 20.0. The zero-order valence-electron chi connectivity index (χ0n) is 15.2. The van der Waals surface area contributed by atoms with Gasteiger partial charge in [0.1, 0.15) is 6.04 Å². The van der Waals surface area contributed by atoms with Crippen LogP contribution in [0.25, 0.3) is 11.4 Å². The van der Waals surface area contributed by atoms with Crippen LogP contribution < -0.4 is 11.1 Å². The first-order chi connectivity index (χ1) is 13.4. The van der Waals surface area contributed by atoms with Gasteiger partial charge in [-0.1, -0.05) is 59.6 Å². The van der Waals surface area contributed by atoms with Crippen molar-refractivity contribution in [1.29, 1.82) is 0 Å². The molecule has 0 bridgehead atoms. The molecule has 6 nitrogen and oxygen atoms in total. The van der Waals surface area contributed by atoms with Gasteiger partial charge in [-0.25, -0.2) is 4.68 Å². The summed E-state index contributed by atoms with van der Waals surface area (Å²) in [4.78, 5) is 16.9. The van der Waals surface area contributed by atoms with Crippen LogP contribution in [0, 0.1) is 6.92 Å². The van der Waals surface area contributed by atoms with Crippen LogP contribution in [0.2, 0.25) is 10.0 Å². The van der Waals surface area contributed by atoms with Crippen molar-refractivity contribution >= 4 is 35.1 Å². The molecular weight excluding hydrogens is 397 g/mol. The molecule has 4 rings (SSSR count). The van der Waals surface area contributed by atoms with Crippen molar-refractivity contribution in [2.45, 2.75) is 19.9 Å². The predicted molar refractivity (Wildman–Crippen MR) is 110 cm³/mol. The smallest absolute Gasteiger partial charge is 0.248 e. The van der Waals surface area contributed by atoms with E-state index in [2.05, 4.69) is 15.4 Å². The molecule has 28 heavy (non-hydrogen) atoms. The molecule has 0 radical (unpaired) electrons. The highest BCUT2D eigenvalue weighted by Crippen LogP contribution is 2.40. The molecule has 3 N–H and O–H groups in total. The van der Waals surface area contributed by atoms with E-state index in [1.807, 2.05) is 31.2 Å². The van der Waals surface area contributed by atoms with Crippen molar-refractivity contribution in [3.05, 3.63) is 74.9 Å². The second kappa shape index (κ2) is 6.96. The number of carbonyl (C=O) groups excluding carboxylic acids is 1. The lowest BCUT2D eigenvalue weighted by Crippen LogP contribution is -2.32. The molecule has 0 aliphatic carbocycles. The molecule has 0 spiro atoms. The Morgan fingerprint density at radius 1 is 1.14 bits per heavy atom. The van der Waals surface area contributed by atoms with Crippen molar-refractivity contribution in [3.63, 3.8) is 0 Å². The average molecular weight is 414 g/mol. The summed E-state index contributed by atoms with van der Waals surface area (Å²) in [5.41, 5.74) is 9.24. The van der Waals surface area contributed by atoms with E-state index in [1.165, 1.54) is 0 Å². The van der Waals surface area contributed by atoms with Crippen molar-refractivity contribution in [3.8, 4) is 11.4 Å². The fourth-order valence-electron chi connectivity index (χ4n) is 3.43. The third-order valence-electron chi connectivity index (χ3n) is 4.78. The Balaban J connectivity index is 1.95. The van der Waals surface area contributed by atoms with Crippen LogP contribution in [0.1, 0.15) is 24.1 Å². The fraction of sp³-hybridized carbons (Fsp3) is 0.150. The van der Waals surface area contributed by atoms with E-state index in [4.69, 9.17) is 28.9 Å². The zero-order valence-corrected chi connectivity index (χ0v) is 16.7. The summed E-state index contributed by atoms with van der Waals surface area (Å²) in [7, 11) is 0. The lowest BCUT2D eigenvalue weighted by Gasteiger charge is -2.28. The van der Waals surface area contributed by atoms with Gasteiger partial charge in [-0.3, -0.25) is 4.79 Å². The second-order valence-corrected chi connectivity index (χ2v) is 7.38. The first-order valence-electron chi connectivity index (χ1n) is 8.62. The van der Waals surface area contributed by atoms with Gasteiger partial charge in [0.2, 0.25) is 11.9 Å². The van der Waals surface area contributed by atoms with Crippen molar-refractivity contribution in [1.82, 2.24) is 14.8 Å². The normalized spacial score (nSPS) is 15.9. The Bertz CT molecular complexity index is 1140. The van der Waals surface area contributed by atoms with Gasteiger partial charge in [0, 0.05) is 16.8 Å². The van der Waals surface area contributed by atoms with Crippen LogP contribution in [0.3, 0.4) is 0 Å². The minimum atomic E-state index is -0.634. The molecule has 1 atom stereocenters. The Morgan fingerprint density at radius 2 is 1.89 bits per heavy atom. The summed E-state index contributed by atoms with van der Waals surface area (Å²) in [6, 6.07) is 12.5. The van der Waals surface area contributed by atoms with Crippen LogP contribution in [0.5, 0.6) is 0 Å². The number of primary amides is 1. The molecule has 1 amide bonds. The third kappa shape index (κ3) is 2.95. The number of benzene rings is 2. The number of nitrogens with zero attached hydrogens (tertiary/aromatic N) is 3. The number of nitrogens with two attached hydrogens (primary N) is 1. The summed E-state index contributed by atoms with van der Waals surface area (Å²) >= 11 is 12.7. The second-order valence-electron chi connectivity index (χ2n) is 6.59. The summed E-state index contributed by atoms with van der Waals surface area (Å²) in [5.74, 6) is 0.480. The SMILES string of the molecule is CC1=C(C(N)=O)C(c2cccc(Cl)c2Cl)n2nc(-c3ccccc3C)nc2N1. The maximum atomic E-state index is 12.3. The number of aryl methyl sites for hydroxylation is 1. The Hall–Kier alpha value is -2.83. The Morgan fingerprint density at radius 3 is 2.61 bits per heavy atom. The summed E-state index contributed by atoms with van der Waals surface area (Å²) in [6.07, 6.45) is 0. The molecule has 1 aliphatic heterocycles. The maximum Gasteiger partial charge on any atom is 0.248 e. The molecule has 1 aliphatic rings.